The molecule has 132 valence electrons. The minimum Gasteiger partial charge on any atom is -0.353 e. The number of anilines is 1. The zero-order chi connectivity index (χ0) is 17.1. The van der Waals surface area contributed by atoms with Gasteiger partial charge in [0, 0.05) is 43.2 Å². The molecular formula is C18H28N4OS. The first-order valence-corrected chi connectivity index (χ1v) is 9.96. The molecule has 5 nitrogen and oxygen atoms in total. The molecule has 2 saturated heterocycles. The van der Waals surface area contributed by atoms with E-state index in [1.807, 2.05) is 29.7 Å². The number of aryl methyl sites for hydroxylation is 1. The predicted molar refractivity (Wildman–Crippen MR) is 101 cm³/mol. The molecule has 0 aromatic carbocycles. The molecule has 2 aliphatic heterocycles. The molecule has 1 aromatic rings. The van der Waals surface area contributed by atoms with Crippen LogP contribution in [0.3, 0.4) is 0 Å². The molecule has 0 radical (unpaired) electrons. The fourth-order valence-corrected chi connectivity index (χ4v) is 4.84. The maximum absolute atomic E-state index is 12.7. The number of pyridine rings is 1. The van der Waals surface area contributed by atoms with E-state index in [-0.39, 0.29) is 11.9 Å². The largest absolute Gasteiger partial charge is 0.353 e. The number of nitrogens with zero attached hydrogens (tertiary/aromatic N) is 4. The highest BCUT2D eigenvalue weighted by Gasteiger charge is 2.30. The minimum absolute atomic E-state index is 0.222. The van der Waals surface area contributed by atoms with Crippen molar-refractivity contribution in [3.05, 3.63) is 23.9 Å². The zero-order valence-electron chi connectivity index (χ0n) is 14.9. The molecule has 3 rings (SSSR count). The van der Waals surface area contributed by atoms with Gasteiger partial charge in [0.25, 0.3) is 0 Å². The third-order valence-electron chi connectivity index (χ3n) is 5.06. The fourth-order valence-electron chi connectivity index (χ4n) is 3.54. The molecule has 2 fully saturated rings. The third kappa shape index (κ3) is 4.03. The highest BCUT2D eigenvalue weighted by Crippen LogP contribution is 2.22. The van der Waals surface area contributed by atoms with Crippen LogP contribution in [-0.2, 0) is 4.79 Å². The van der Waals surface area contributed by atoms with Gasteiger partial charge in [0.2, 0.25) is 5.91 Å². The van der Waals surface area contributed by atoms with E-state index in [1.165, 1.54) is 12.2 Å². The molecule has 0 N–H and O–H groups in total. The van der Waals surface area contributed by atoms with Crippen molar-refractivity contribution < 1.29 is 4.79 Å². The Morgan fingerprint density at radius 3 is 2.92 bits per heavy atom. The maximum atomic E-state index is 12.7. The second-order valence-corrected chi connectivity index (χ2v) is 8.10. The number of carbonyl (C=O) groups is 1. The highest BCUT2D eigenvalue weighted by atomic mass is 32.2. The van der Waals surface area contributed by atoms with E-state index >= 15 is 0 Å². The lowest BCUT2D eigenvalue weighted by Gasteiger charge is -2.41. The molecule has 0 saturated carbocycles. The van der Waals surface area contributed by atoms with Gasteiger partial charge in [-0.05, 0) is 45.2 Å². The van der Waals surface area contributed by atoms with Crippen molar-refractivity contribution in [1.29, 1.82) is 0 Å². The van der Waals surface area contributed by atoms with Gasteiger partial charge < -0.3 is 9.80 Å². The van der Waals surface area contributed by atoms with Crippen molar-refractivity contribution in [3.63, 3.8) is 0 Å². The summed E-state index contributed by atoms with van der Waals surface area (Å²) in [6.45, 7) is 7.19. The molecular weight excluding hydrogens is 320 g/mol. The summed E-state index contributed by atoms with van der Waals surface area (Å²) in [6.07, 6.45) is 1.21. The van der Waals surface area contributed by atoms with Crippen LogP contribution in [0.2, 0.25) is 0 Å². The van der Waals surface area contributed by atoms with Gasteiger partial charge in [-0.15, -0.1) is 0 Å². The number of hydrogen-bond donors (Lipinski definition) is 0. The number of likely N-dealkylation sites (N-methyl/N-ethyl adjacent to an activating group) is 1. The summed E-state index contributed by atoms with van der Waals surface area (Å²) < 4.78 is 0. The lowest BCUT2D eigenvalue weighted by atomic mass is 10.1. The molecule has 0 aliphatic carbocycles. The van der Waals surface area contributed by atoms with E-state index in [2.05, 4.69) is 40.9 Å². The predicted octanol–water partition coefficient (Wildman–Crippen LogP) is 1.86. The molecule has 0 spiro atoms. The second-order valence-electron chi connectivity index (χ2n) is 6.95. The summed E-state index contributed by atoms with van der Waals surface area (Å²) in [6, 6.07) is 6.91. The topological polar surface area (TPSA) is 39.7 Å². The fraction of sp³-hybridized carbons (Fsp3) is 0.667. The summed E-state index contributed by atoms with van der Waals surface area (Å²) >= 11 is 1.99. The van der Waals surface area contributed by atoms with Crippen LogP contribution in [-0.4, -0.2) is 77.5 Å². The number of thioether (sulfide) groups is 1. The number of amides is 1. The number of aromatic nitrogens is 1. The van der Waals surface area contributed by atoms with Gasteiger partial charge in [-0.2, -0.15) is 11.8 Å². The van der Waals surface area contributed by atoms with E-state index in [0.717, 1.165) is 36.9 Å². The number of hydrogen-bond acceptors (Lipinski definition) is 5. The van der Waals surface area contributed by atoms with Crippen LogP contribution < -0.4 is 4.90 Å². The van der Waals surface area contributed by atoms with E-state index in [1.54, 1.807) is 0 Å². The highest BCUT2D eigenvalue weighted by molar-refractivity contribution is 7.99. The van der Waals surface area contributed by atoms with Crippen molar-refractivity contribution in [2.24, 2.45) is 0 Å². The normalized spacial score (nSPS) is 24.7. The Hall–Kier alpha value is -1.27. The molecule has 1 aromatic heterocycles. The molecule has 2 atom stereocenters. The van der Waals surface area contributed by atoms with E-state index in [0.29, 0.717) is 12.6 Å². The summed E-state index contributed by atoms with van der Waals surface area (Å²) in [4.78, 5) is 23.9. The van der Waals surface area contributed by atoms with Crippen LogP contribution in [0, 0.1) is 6.92 Å². The van der Waals surface area contributed by atoms with Crippen LogP contribution in [0.15, 0.2) is 18.2 Å². The summed E-state index contributed by atoms with van der Waals surface area (Å²) in [5.41, 5.74) is 1.04. The average Bonchev–Trinajstić information content (AvgIpc) is 3.09. The Labute approximate surface area is 149 Å². The van der Waals surface area contributed by atoms with Crippen molar-refractivity contribution in [1.82, 2.24) is 14.8 Å². The van der Waals surface area contributed by atoms with Crippen LogP contribution in [0.5, 0.6) is 0 Å². The molecule has 24 heavy (non-hydrogen) atoms. The number of carbonyl (C=O) groups excluding carboxylic acids is 1. The van der Waals surface area contributed by atoms with Crippen LogP contribution in [0.25, 0.3) is 0 Å². The van der Waals surface area contributed by atoms with Gasteiger partial charge in [0.05, 0.1) is 6.54 Å². The van der Waals surface area contributed by atoms with Gasteiger partial charge >= 0.3 is 0 Å². The molecule has 0 bridgehead atoms. The summed E-state index contributed by atoms with van der Waals surface area (Å²) in [7, 11) is 2.09. The Morgan fingerprint density at radius 1 is 1.42 bits per heavy atom. The molecule has 1 amide bonds. The van der Waals surface area contributed by atoms with Crippen molar-refractivity contribution >= 4 is 23.5 Å². The van der Waals surface area contributed by atoms with Crippen molar-refractivity contribution in [3.8, 4) is 0 Å². The monoisotopic (exact) mass is 348 g/mol. The van der Waals surface area contributed by atoms with E-state index < -0.39 is 0 Å². The first-order valence-electron chi connectivity index (χ1n) is 8.80. The molecule has 2 aliphatic rings. The lowest BCUT2D eigenvalue weighted by Crippen LogP contribution is -2.56. The minimum atomic E-state index is 0.222. The van der Waals surface area contributed by atoms with Crippen LogP contribution in [0.4, 0.5) is 5.82 Å². The van der Waals surface area contributed by atoms with Crippen molar-refractivity contribution in [2.45, 2.75) is 32.4 Å². The quantitative estimate of drug-likeness (QED) is 0.831. The second kappa shape index (κ2) is 7.74. The molecule has 6 heteroatoms. The Morgan fingerprint density at radius 2 is 2.25 bits per heavy atom. The Kier molecular flexibility index (Phi) is 5.66. The Balaban J connectivity index is 1.56. The van der Waals surface area contributed by atoms with Crippen LogP contribution in [0.1, 0.15) is 19.0 Å². The van der Waals surface area contributed by atoms with Gasteiger partial charge in [0.15, 0.2) is 0 Å². The number of rotatable bonds is 4. The SMILES string of the molecule is Cc1cccc(N2CCN(C(=O)CN(C)[C@H]3CCSC3)[C@H](C)C2)n1. The van der Waals surface area contributed by atoms with Gasteiger partial charge in [-0.25, -0.2) is 4.98 Å². The molecule has 0 unspecified atom stereocenters. The first kappa shape index (κ1) is 17.5. The van der Waals surface area contributed by atoms with E-state index in [9.17, 15) is 4.79 Å². The van der Waals surface area contributed by atoms with Gasteiger partial charge in [-0.1, -0.05) is 6.07 Å². The summed E-state index contributed by atoms with van der Waals surface area (Å²) in [5.74, 6) is 3.67. The first-order chi connectivity index (χ1) is 11.5. The Bertz CT molecular complexity index is 576. The van der Waals surface area contributed by atoms with Crippen LogP contribution >= 0.6 is 11.8 Å². The zero-order valence-corrected chi connectivity index (χ0v) is 15.8. The standard InChI is InChI=1S/C18H28N4OS/c1-14-5-4-6-17(19-14)21-8-9-22(15(2)11-21)18(23)12-20(3)16-7-10-24-13-16/h4-6,15-16H,7-13H2,1-3H3/t15-,16+/m1/s1. The maximum Gasteiger partial charge on any atom is 0.237 e. The average molecular weight is 349 g/mol. The molecule has 3 heterocycles. The smallest absolute Gasteiger partial charge is 0.237 e. The van der Waals surface area contributed by atoms with Gasteiger partial charge in [-0.3, -0.25) is 9.69 Å². The van der Waals surface area contributed by atoms with Crippen molar-refractivity contribution in [2.75, 3.05) is 49.6 Å². The van der Waals surface area contributed by atoms with E-state index in [4.69, 9.17) is 0 Å². The van der Waals surface area contributed by atoms with Gasteiger partial charge in [0.1, 0.15) is 5.82 Å². The summed E-state index contributed by atoms with van der Waals surface area (Å²) in [5, 5.41) is 0. The lowest BCUT2D eigenvalue weighted by molar-refractivity contribution is -0.134. The number of piperazine rings is 1. The third-order valence-corrected chi connectivity index (χ3v) is 6.20.